The molecule has 0 radical (unpaired) electrons. The molecule has 0 amide bonds. The van der Waals surface area contributed by atoms with Gasteiger partial charge in [0.15, 0.2) is 5.52 Å². The van der Waals surface area contributed by atoms with Crippen LogP contribution in [0.2, 0.25) is 0 Å². The van der Waals surface area contributed by atoms with E-state index in [1.54, 1.807) is 62.3 Å². The molecule has 39 heavy (non-hydrogen) atoms. The summed E-state index contributed by atoms with van der Waals surface area (Å²) in [4.78, 5) is 13.4. The maximum Gasteiger partial charge on any atom is 1.00 e. The van der Waals surface area contributed by atoms with E-state index in [0.29, 0.717) is 23.9 Å². The van der Waals surface area contributed by atoms with Crippen LogP contribution in [-0.4, -0.2) is 22.3 Å². The first kappa shape index (κ1) is 35.1. The fourth-order valence-electron chi connectivity index (χ4n) is 3.37. The molecule has 1 atom stereocenters. The molecule has 0 fully saturated rings. The van der Waals surface area contributed by atoms with E-state index in [4.69, 9.17) is 14.2 Å². The molecule has 0 saturated carbocycles. The van der Waals surface area contributed by atoms with E-state index in [9.17, 15) is 31.1 Å². The summed E-state index contributed by atoms with van der Waals surface area (Å²) >= 11 is 0. The quantitative estimate of drug-likeness (QED) is 0.259. The molecular formula is C27H34F6LiO4P. The van der Waals surface area contributed by atoms with Crippen LogP contribution in [0.5, 0.6) is 17.2 Å². The van der Waals surface area contributed by atoms with Crippen molar-refractivity contribution in [3.05, 3.63) is 47.0 Å². The van der Waals surface area contributed by atoms with Gasteiger partial charge in [-0.2, -0.15) is 26.3 Å². The Balaban J connectivity index is 0.00000760. The average molecular weight is 574 g/mol. The zero-order valence-electron chi connectivity index (χ0n) is 24.8. The number of ether oxygens (including phenoxy) is 3. The molecule has 0 aliphatic heterocycles. The first-order valence-corrected chi connectivity index (χ1v) is 12.7. The first-order chi connectivity index (χ1) is 16.9. The van der Waals surface area contributed by atoms with Gasteiger partial charge in [0.05, 0.1) is 16.4 Å². The predicted molar refractivity (Wildman–Crippen MR) is 137 cm³/mol. The molecule has 12 heteroatoms. The topological polar surface area (TPSA) is 44.8 Å². The van der Waals surface area contributed by atoms with E-state index in [0.717, 1.165) is 0 Å². The molecule has 0 heterocycles. The number of carbonyl (C=O) groups excluding carboxylic acids is 1. The van der Waals surface area contributed by atoms with Crippen LogP contribution in [0.4, 0.5) is 26.3 Å². The summed E-state index contributed by atoms with van der Waals surface area (Å²) in [6.07, 6.45) is -10.4. The Morgan fingerprint density at radius 1 is 0.692 bits per heavy atom. The van der Waals surface area contributed by atoms with E-state index in [1.807, 2.05) is 0 Å². The van der Waals surface area contributed by atoms with Gasteiger partial charge in [-0.3, -0.25) is 4.79 Å². The van der Waals surface area contributed by atoms with Gasteiger partial charge in [0.2, 0.25) is 0 Å². The van der Waals surface area contributed by atoms with Crippen molar-refractivity contribution >= 4 is 19.4 Å². The number of rotatable bonds is 6. The van der Waals surface area contributed by atoms with Crippen molar-refractivity contribution in [3.63, 3.8) is 0 Å². The van der Waals surface area contributed by atoms with Crippen molar-refractivity contribution in [1.82, 2.24) is 0 Å². The molecule has 2 aromatic carbocycles. The average Bonchev–Trinajstić information content (AvgIpc) is 2.64. The Morgan fingerprint density at radius 3 is 1.36 bits per heavy atom. The van der Waals surface area contributed by atoms with Crippen molar-refractivity contribution < 1.29 is 65.6 Å². The Bertz CT molecular complexity index is 1110. The SMILES string of the molecule is CC(C)(C)Oc1cc(OC(C)(C)C)c(PC(=O)c2c(C(F)(F)F)cccc2C(F)(F)F)c(OC(C)(C)C)c1.[H-].[Li+]. The minimum Gasteiger partial charge on any atom is -1.00 e. The van der Waals surface area contributed by atoms with Crippen LogP contribution < -0.4 is 38.4 Å². The number of hydrogen-bond acceptors (Lipinski definition) is 4. The molecule has 0 aliphatic rings. The Kier molecular flexibility index (Phi) is 10.7. The zero-order valence-corrected chi connectivity index (χ0v) is 24.8. The van der Waals surface area contributed by atoms with Crippen LogP contribution in [0.3, 0.4) is 0 Å². The summed E-state index contributed by atoms with van der Waals surface area (Å²) in [6.45, 7) is 15.7. The minimum absolute atomic E-state index is 0. The molecule has 214 valence electrons. The molecule has 0 bridgehead atoms. The van der Waals surface area contributed by atoms with Gasteiger partial charge in [0.25, 0.3) is 0 Å². The summed E-state index contributed by atoms with van der Waals surface area (Å²) in [5, 5.41) is 0.0335. The van der Waals surface area contributed by atoms with Gasteiger partial charge in [0, 0.05) is 17.7 Å². The van der Waals surface area contributed by atoms with Crippen LogP contribution in [0.15, 0.2) is 30.3 Å². The maximum atomic E-state index is 13.7. The predicted octanol–water partition coefficient (Wildman–Crippen LogP) is 5.52. The maximum absolute atomic E-state index is 13.7. The summed E-state index contributed by atoms with van der Waals surface area (Å²) in [6, 6.07) is 4.48. The van der Waals surface area contributed by atoms with Crippen LogP contribution in [0.25, 0.3) is 0 Å². The normalized spacial score (nSPS) is 13.3. The summed E-state index contributed by atoms with van der Waals surface area (Å²) in [7, 11) is -1.18. The van der Waals surface area contributed by atoms with E-state index in [1.165, 1.54) is 12.1 Å². The smallest absolute Gasteiger partial charge is 1.00 e. The van der Waals surface area contributed by atoms with E-state index >= 15 is 0 Å². The molecule has 4 nitrogen and oxygen atoms in total. The fraction of sp³-hybridized carbons (Fsp3) is 0.519. The molecule has 0 saturated heterocycles. The third kappa shape index (κ3) is 10.6. The van der Waals surface area contributed by atoms with Gasteiger partial charge in [-0.05, 0) is 83.0 Å². The summed E-state index contributed by atoms with van der Waals surface area (Å²) in [5.41, 5.74) is -8.42. The van der Waals surface area contributed by atoms with E-state index in [-0.39, 0.29) is 37.1 Å². The van der Waals surface area contributed by atoms with Gasteiger partial charge in [-0.15, -0.1) is 0 Å². The second-order valence-corrected chi connectivity index (χ2v) is 12.8. The number of halogens is 6. The van der Waals surface area contributed by atoms with Crippen LogP contribution in [-0.2, 0) is 12.4 Å². The van der Waals surface area contributed by atoms with E-state index < -0.39 is 60.0 Å². The molecule has 0 aliphatic carbocycles. The van der Waals surface area contributed by atoms with Crippen LogP contribution in [0.1, 0.15) is 85.2 Å². The Morgan fingerprint density at radius 2 is 1.05 bits per heavy atom. The molecule has 1 unspecified atom stereocenters. The first-order valence-electron chi connectivity index (χ1n) is 11.7. The van der Waals surface area contributed by atoms with Gasteiger partial charge >= 0.3 is 31.2 Å². The van der Waals surface area contributed by atoms with Crippen molar-refractivity contribution in [3.8, 4) is 17.2 Å². The van der Waals surface area contributed by atoms with E-state index in [2.05, 4.69) is 0 Å². The van der Waals surface area contributed by atoms with Gasteiger partial charge in [-0.1, -0.05) is 6.07 Å². The van der Waals surface area contributed by atoms with Crippen molar-refractivity contribution in [2.75, 3.05) is 0 Å². The number of alkyl halides is 6. The Labute approximate surface area is 240 Å². The van der Waals surface area contributed by atoms with Crippen LogP contribution in [0, 0.1) is 0 Å². The van der Waals surface area contributed by atoms with Crippen LogP contribution >= 0.6 is 8.58 Å². The second kappa shape index (κ2) is 11.9. The van der Waals surface area contributed by atoms with Gasteiger partial charge in [0.1, 0.15) is 34.1 Å². The fourth-order valence-corrected chi connectivity index (χ4v) is 4.48. The largest absolute Gasteiger partial charge is 1.00 e. The molecule has 0 N–H and O–H groups in total. The monoisotopic (exact) mass is 574 g/mol. The van der Waals surface area contributed by atoms with Crippen molar-refractivity contribution in [2.45, 2.75) is 91.5 Å². The standard InChI is InChI=1S/C27H33F6O4P.Li.H/c1-23(2,3)35-15-13-18(36-24(4,5)6)21(19(14-15)37-25(7,8)9)38-22(34)20-16(26(28,29)30)11-10-12-17(20)27(31,32)33;;/h10-14,38H,1-9H3;;/q;+1;-1. The van der Waals surface area contributed by atoms with Crippen molar-refractivity contribution in [2.24, 2.45) is 0 Å². The van der Waals surface area contributed by atoms with Crippen molar-refractivity contribution in [1.29, 1.82) is 0 Å². The molecular weight excluding hydrogens is 540 g/mol. The number of carbonyl (C=O) groups is 1. The second-order valence-electron chi connectivity index (χ2n) is 11.6. The third-order valence-electron chi connectivity index (χ3n) is 4.44. The minimum atomic E-state index is -5.18. The Hall–Kier alpha value is -1.88. The molecule has 2 aromatic rings. The number of hydrogen-bond donors (Lipinski definition) is 0. The molecule has 2 rings (SSSR count). The third-order valence-corrected chi connectivity index (χ3v) is 5.66. The van der Waals surface area contributed by atoms with Gasteiger partial charge < -0.3 is 15.6 Å². The zero-order chi connectivity index (χ0) is 29.5. The summed E-state index contributed by atoms with van der Waals surface area (Å²) < 4.78 is 100. The number of benzene rings is 2. The van der Waals surface area contributed by atoms with Gasteiger partial charge in [-0.25, -0.2) is 0 Å². The molecule has 0 aromatic heterocycles. The molecule has 0 spiro atoms. The summed E-state index contributed by atoms with van der Waals surface area (Å²) in [5.74, 6) is 0.412.